The van der Waals surface area contributed by atoms with Crippen molar-refractivity contribution in [1.29, 1.82) is 0 Å². The van der Waals surface area contributed by atoms with Crippen LogP contribution in [-0.2, 0) is 20.6 Å². The number of anilines is 1. The molecule has 1 amide bonds. The minimum atomic E-state index is -3.54. The number of carbonyl (C=O) groups is 1. The molecule has 0 fully saturated rings. The van der Waals surface area contributed by atoms with Crippen molar-refractivity contribution in [1.82, 2.24) is 0 Å². The number of hydrogen-bond acceptors (Lipinski definition) is 4. The summed E-state index contributed by atoms with van der Waals surface area (Å²) in [7, 11) is -3.54. The fourth-order valence-corrected chi connectivity index (χ4v) is 1.99. The van der Waals surface area contributed by atoms with Gasteiger partial charge in [0.1, 0.15) is 0 Å². The van der Waals surface area contributed by atoms with Gasteiger partial charge >= 0.3 is 0 Å². The van der Waals surface area contributed by atoms with Crippen molar-refractivity contribution >= 4 is 21.6 Å². The second-order valence-electron chi connectivity index (χ2n) is 4.01. The van der Waals surface area contributed by atoms with Gasteiger partial charge in [0.25, 0.3) is 0 Å². The van der Waals surface area contributed by atoms with E-state index in [9.17, 15) is 13.2 Å². The summed E-state index contributed by atoms with van der Waals surface area (Å²) in [5, 5.41) is 7.57. The van der Waals surface area contributed by atoms with Crippen LogP contribution in [0.1, 0.15) is 18.9 Å². The Kier molecular flexibility index (Phi) is 4.83. The standard InChI is InChI=1S/C11H17N3O3S/c1-2-10(12)11(15)14-9-5-3-8(4-6-9)7-18(13,16)17/h3-6,10H,2,7,12H2,1H3,(H,14,15)(H2,13,16,17)/t10-/m0/s1. The maximum atomic E-state index is 11.5. The van der Waals surface area contributed by atoms with Gasteiger partial charge in [-0.05, 0) is 24.1 Å². The van der Waals surface area contributed by atoms with E-state index in [1.54, 1.807) is 24.3 Å². The van der Waals surface area contributed by atoms with Crippen LogP contribution in [0.15, 0.2) is 24.3 Å². The summed E-state index contributed by atoms with van der Waals surface area (Å²) in [6.07, 6.45) is 0.551. The van der Waals surface area contributed by atoms with Gasteiger partial charge in [0.05, 0.1) is 11.8 Å². The lowest BCUT2D eigenvalue weighted by Crippen LogP contribution is -2.34. The molecule has 1 aromatic rings. The molecule has 0 aliphatic heterocycles. The Bertz CT molecular complexity index is 511. The van der Waals surface area contributed by atoms with E-state index in [1.165, 1.54) is 0 Å². The molecule has 18 heavy (non-hydrogen) atoms. The zero-order chi connectivity index (χ0) is 13.8. The Hall–Kier alpha value is -1.44. The first-order valence-electron chi connectivity index (χ1n) is 5.47. The molecule has 1 rings (SSSR count). The average Bonchev–Trinajstić information content (AvgIpc) is 2.28. The van der Waals surface area contributed by atoms with Gasteiger partial charge in [0.15, 0.2) is 0 Å². The average molecular weight is 271 g/mol. The van der Waals surface area contributed by atoms with Crippen molar-refractivity contribution in [3.63, 3.8) is 0 Å². The molecule has 6 nitrogen and oxygen atoms in total. The highest BCUT2D eigenvalue weighted by Gasteiger charge is 2.11. The summed E-state index contributed by atoms with van der Waals surface area (Å²) in [6, 6.07) is 5.87. The summed E-state index contributed by atoms with van der Waals surface area (Å²) in [4.78, 5) is 11.5. The molecule has 0 aliphatic carbocycles. The van der Waals surface area contributed by atoms with E-state index in [-0.39, 0.29) is 11.7 Å². The van der Waals surface area contributed by atoms with E-state index in [2.05, 4.69) is 5.32 Å². The Balaban J connectivity index is 2.69. The van der Waals surface area contributed by atoms with Gasteiger partial charge in [-0.3, -0.25) is 4.79 Å². The van der Waals surface area contributed by atoms with E-state index in [0.29, 0.717) is 17.7 Å². The molecule has 0 saturated carbocycles. The van der Waals surface area contributed by atoms with Crippen LogP contribution in [0, 0.1) is 0 Å². The Morgan fingerprint density at radius 3 is 2.33 bits per heavy atom. The lowest BCUT2D eigenvalue weighted by molar-refractivity contribution is -0.117. The SMILES string of the molecule is CC[C@H](N)C(=O)Nc1ccc(CS(N)(=O)=O)cc1. The summed E-state index contributed by atoms with van der Waals surface area (Å²) in [5.74, 6) is -0.493. The second-order valence-corrected chi connectivity index (χ2v) is 5.62. The highest BCUT2D eigenvalue weighted by Crippen LogP contribution is 2.11. The third-order valence-electron chi connectivity index (χ3n) is 2.37. The van der Waals surface area contributed by atoms with E-state index >= 15 is 0 Å². The molecule has 1 atom stereocenters. The molecule has 0 radical (unpaired) electrons. The molecule has 0 unspecified atom stereocenters. The summed E-state index contributed by atoms with van der Waals surface area (Å²) < 4.78 is 21.8. The van der Waals surface area contributed by atoms with Crippen LogP contribution in [0.5, 0.6) is 0 Å². The number of amides is 1. The lowest BCUT2D eigenvalue weighted by atomic mass is 10.2. The molecule has 0 aromatic heterocycles. The number of sulfonamides is 1. The van der Waals surface area contributed by atoms with Gasteiger partial charge in [0.2, 0.25) is 15.9 Å². The molecule has 100 valence electrons. The van der Waals surface area contributed by atoms with Crippen LogP contribution in [0.25, 0.3) is 0 Å². The molecule has 0 saturated heterocycles. The van der Waals surface area contributed by atoms with Crippen LogP contribution in [0.3, 0.4) is 0 Å². The van der Waals surface area contributed by atoms with Crippen molar-refractivity contribution < 1.29 is 13.2 Å². The quantitative estimate of drug-likeness (QED) is 0.707. The highest BCUT2D eigenvalue weighted by atomic mass is 32.2. The van der Waals surface area contributed by atoms with E-state index in [4.69, 9.17) is 10.9 Å². The molecule has 0 aliphatic rings. The fourth-order valence-electron chi connectivity index (χ4n) is 1.34. The predicted octanol–water partition coefficient (Wildman–Crippen LogP) is 0.151. The zero-order valence-electron chi connectivity index (χ0n) is 10.1. The molecule has 7 heteroatoms. The van der Waals surface area contributed by atoms with Gasteiger partial charge in [-0.2, -0.15) is 0 Å². The largest absolute Gasteiger partial charge is 0.325 e. The Labute approximate surface area is 106 Å². The van der Waals surface area contributed by atoms with Gasteiger partial charge in [-0.1, -0.05) is 19.1 Å². The van der Waals surface area contributed by atoms with Gasteiger partial charge < -0.3 is 11.1 Å². The first-order valence-corrected chi connectivity index (χ1v) is 7.19. The van der Waals surface area contributed by atoms with Gasteiger partial charge in [0, 0.05) is 5.69 Å². The summed E-state index contributed by atoms with van der Waals surface area (Å²) in [5.41, 5.74) is 6.71. The molecular formula is C11H17N3O3S. The number of carbonyl (C=O) groups excluding carboxylic acids is 1. The monoisotopic (exact) mass is 271 g/mol. The topological polar surface area (TPSA) is 115 Å². The normalized spacial score (nSPS) is 13.1. The number of benzene rings is 1. The number of hydrogen-bond donors (Lipinski definition) is 3. The summed E-state index contributed by atoms with van der Waals surface area (Å²) in [6.45, 7) is 1.82. The number of primary sulfonamides is 1. The number of rotatable bonds is 5. The van der Waals surface area contributed by atoms with Crippen LogP contribution < -0.4 is 16.2 Å². The second kappa shape index (κ2) is 5.94. The zero-order valence-corrected chi connectivity index (χ0v) is 10.9. The predicted molar refractivity (Wildman–Crippen MR) is 70.1 cm³/mol. The van der Waals surface area contributed by atoms with Gasteiger partial charge in [-0.25, -0.2) is 13.6 Å². The van der Waals surface area contributed by atoms with E-state index in [0.717, 1.165) is 0 Å². The summed E-state index contributed by atoms with van der Waals surface area (Å²) >= 11 is 0. The number of nitrogens with two attached hydrogens (primary N) is 2. The third-order valence-corrected chi connectivity index (χ3v) is 3.10. The minimum absolute atomic E-state index is 0.226. The van der Waals surface area contributed by atoms with Crippen LogP contribution in [0.2, 0.25) is 0 Å². The Morgan fingerprint density at radius 1 is 1.33 bits per heavy atom. The maximum Gasteiger partial charge on any atom is 0.241 e. The van der Waals surface area contributed by atoms with Crippen molar-refractivity contribution in [3.8, 4) is 0 Å². The van der Waals surface area contributed by atoms with Crippen molar-refractivity contribution in [3.05, 3.63) is 29.8 Å². The van der Waals surface area contributed by atoms with Crippen LogP contribution >= 0.6 is 0 Å². The molecule has 1 aromatic carbocycles. The van der Waals surface area contributed by atoms with Crippen molar-refractivity contribution in [2.75, 3.05) is 5.32 Å². The van der Waals surface area contributed by atoms with Crippen molar-refractivity contribution in [2.45, 2.75) is 25.1 Å². The third kappa shape index (κ3) is 4.82. The fraction of sp³-hybridized carbons (Fsp3) is 0.364. The Morgan fingerprint density at radius 2 is 1.89 bits per heavy atom. The molecular weight excluding hydrogens is 254 g/mol. The highest BCUT2D eigenvalue weighted by molar-refractivity contribution is 7.88. The number of nitrogens with one attached hydrogen (secondary N) is 1. The maximum absolute atomic E-state index is 11.5. The lowest BCUT2D eigenvalue weighted by Gasteiger charge is -2.10. The van der Waals surface area contributed by atoms with Crippen molar-refractivity contribution in [2.24, 2.45) is 10.9 Å². The minimum Gasteiger partial charge on any atom is -0.325 e. The first kappa shape index (κ1) is 14.6. The smallest absolute Gasteiger partial charge is 0.241 e. The van der Waals surface area contributed by atoms with Gasteiger partial charge in [-0.15, -0.1) is 0 Å². The first-order chi connectivity index (χ1) is 8.31. The van der Waals surface area contributed by atoms with E-state index in [1.807, 2.05) is 6.92 Å². The molecule has 0 heterocycles. The molecule has 0 bridgehead atoms. The van der Waals surface area contributed by atoms with E-state index < -0.39 is 16.1 Å². The molecule has 5 N–H and O–H groups in total. The van der Waals surface area contributed by atoms with Crippen LogP contribution in [0.4, 0.5) is 5.69 Å². The van der Waals surface area contributed by atoms with Crippen LogP contribution in [-0.4, -0.2) is 20.4 Å². The molecule has 0 spiro atoms.